The van der Waals surface area contributed by atoms with Crippen LogP contribution >= 0.6 is 11.6 Å². The number of hydrogen-bond donors (Lipinski definition) is 0. The Hall–Kier alpha value is -1.48. The van der Waals surface area contributed by atoms with Gasteiger partial charge in [-0.15, -0.1) is 0 Å². The second-order valence-electron chi connectivity index (χ2n) is 7.08. The smallest absolute Gasteiger partial charge is 0.205 e. The standard InChI is InChI=1S/C21H24ClF2N/c1-2-3-4-14-5-7-15(8-6-14)16-9-11-17(12-10-16)18-13-19(23)21(24)25-20(18)22/h9-15H,2-8H2,1H3/t14-,15-. The van der Waals surface area contributed by atoms with Crippen molar-refractivity contribution in [3.05, 3.63) is 52.8 Å². The summed E-state index contributed by atoms with van der Waals surface area (Å²) in [7, 11) is 0. The Morgan fingerprint density at radius 1 is 1.08 bits per heavy atom. The van der Waals surface area contributed by atoms with Crippen LogP contribution in [0.4, 0.5) is 8.78 Å². The van der Waals surface area contributed by atoms with Crippen molar-refractivity contribution < 1.29 is 8.78 Å². The van der Waals surface area contributed by atoms with Crippen LogP contribution in [0.2, 0.25) is 5.15 Å². The SMILES string of the molecule is CCCC[C@H]1CC[C@H](c2ccc(-c3cc(F)c(F)nc3Cl)cc2)CC1. The van der Waals surface area contributed by atoms with Crippen LogP contribution in [0.25, 0.3) is 11.1 Å². The molecule has 0 amide bonds. The number of unbranched alkanes of at least 4 members (excludes halogenated alkanes) is 1. The van der Waals surface area contributed by atoms with E-state index in [4.69, 9.17) is 11.6 Å². The van der Waals surface area contributed by atoms with E-state index in [1.54, 1.807) is 0 Å². The van der Waals surface area contributed by atoms with E-state index < -0.39 is 11.8 Å². The highest BCUT2D eigenvalue weighted by molar-refractivity contribution is 6.32. The molecule has 1 heterocycles. The minimum absolute atomic E-state index is 0.0110. The van der Waals surface area contributed by atoms with Gasteiger partial charge in [-0.1, -0.05) is 62.1 Å². The zero-order valence-electron chi connectivity index (χ0n) is 14.6. The van der Waals surface area contributed by atoms with Crippen LogP contribution < -0.4 is 0 Å². The Bertz CT molecular complexity index is 707. The maximum Gasteiger partial charge on any atom is 0.250 e. The number of halogens is 3. The molecule has 0 spiro atoms. The molecule has 1 fully saturated rings. The summed E-state index contributed by atoms with van der Waals surface area (Å²) in [6.07, 6.45) is 9.08. The first-order chi connectivity index (χ1) is 12.1. The van der Waals surface area contributed by atoms with Crippen LogP contribution in [-0.2, 0) is 0 Å². The Labute approximate surface area is 153 Å². The first-order valence-electron chi connectivity index (χ1n) is 9.20. The largest absolute Gasteiger partial charge is 0.250 e. The lowest BCUT2D eigenvalue weighted by molar-refractivity contribution is 0.304. The number of hydrogen-bond acceptors (Lipinski definition) is 1. The molecule has 1 saturated carbocycles. The third-order valence-corrected chi connectivity index (χ3v) is 5.68. The van der Waals surface area contributed by atoms with Crippen LogP contribution in [0.5, 0.6) is 0 Å². The molecular weight excluding hydrogens is 340 g/mol. The fourth-order valence-corrected chi connectivity index (χ4v) is 4.10. The van der Waals surface area contributed by atoms with E-state index in [1.165, 1.54) is 50.5 Å². The highest BCUT2D eigenvalue weighted by Gasteiger charge is 2.22. The normalized spacial score (nSPS) is 20.6. The molecule has 1 aromatic heterocycles. The second-order valence-corrected chi connectivity index (χ2v) is 7.44. The minimum atomic E-state index is -1.16. The summed E-state index contributed by atoms with van der Waals surface area (Å²) in [4.78, 5) is 3.42. The van der Waals surface area contributed by atoms with Crippen molar-refractivity contribution in [2.45, 2.75) is 57.8 Å². The summed E-state index contributed by atoms with van der Waals surface area (Å²) < 4.78 is 26.6. The summed E-state index contributed by atoms with van der Waals surface area (Å²) >= 11 is 5.96. The van der Waals surface area contributed by atoms with Crippen LogP contribution in [0.3, 0.4) is 0 Å². The number of nitrogens with zero attached hydrogens (tertiary/aromatic N) is 1. The van der Waals surface area contributed by atoms with Gasteiger partial charge in [0.2, 0.25) is 5.95 Å². The van der Waals surface area contributed by atoms with Crippen molar-refractivity contribution in [2.24, 2.45) is 5.92 Å². The maximum atomic E-state index is 13.4. The van der Waals surface area contributed by atoms with Crippen LogP contribution in [-0.4, -0.2) is 4.98 Å². The molecule has 0 radical (unpaired) electrons. The lowest BCUT2D eigenvalue weighted by Gasteiger charge is -2.29. The van der Waals surface area contributed by atoms with Crippen molar-refractivity contribution in [3.63, 3.8) is 0 Å². The van der Waals surface area contributed by atoms with Crippen LogP contribution in [0.1, 0.15) is 63.4 Å². The zero-order chi connectivity index (χ0) is 17.8. The Kier molecular flexibility index (Phi) is 6.06. The molecule has 0 unspecified atom stereocenters. The first kappa shape index (κ1) is 18.3. The van der Waals surface area contributed by atoms with Gasteiger partial charge in [0.15, 0.2) is 5.82 Å². The van der Waals surface area contributed by atoms with E-state index >= 15 is 0 Å². The van der Waals surface area contributed by atoms with Gasteiger partial charge in [-0.3, -0.25) is 0 Å². The highest BCUT2D eigenvalue weighted by Crippen LogP contribution is 2.38. The number of pyridine rings is 1. The van der Waals surface area contributed by atoms with Gasteiger partial charge >= 0.3 is 0 Å². The Morgan fingerprint density at radius 2 is 1.76 bits per heavy atom. The third-order valence-electron chi connectivity index (χ3n) is 5.39. The fourth-order valence-electron chi connectivity index (χ4n) is 3.86. The number of benzene rings is 1. The monoisotopic (exact) mass is 363 g/mol. The van der Waals surface area contributed by atoms with E-state index in [0.29, 0.717) is 11.5 Å². The lowest BCUT2D eigenvalue weighted by atomic mass is 9.77. The quantitative estimate of drug-likeness (QED) is 0.514. The highest BCUT2D eigenvalue weighted by atomic mass is 35.5. The van der Waals surface area contributed by atoms with Gasteiger partial charge in [0.1, 0.15) is 5.15 Å². The molecule has 1 aliphatic carbocycles. The molecule has 2 aromatic rings. The summed E-state index contributed by atoms with van der Waals surface area (Å²) in [6.45, 7) is 2.25. The summed E-state index contributed by atoms with van der Waals surface area (Å²) in [5, 5.41) is -0.0110. The topological polar surface area (TPSA) is 12.9 Å². The molecule has 0 aliphatic heterocycles. The van der Waals surface area contributed by atoms with E-state index in [-0.39, 0.29) is 5.15 Å². The van der Waals surface area contributed by atoms with Gasteiger partial charge < -0.3 is 0 Å². The molecule has 4 heteroatoms. The molecule has 0 saturated heterocycles. The van der Waals surface area contributed by atoms with Gasteiger partial charge in [-0.05, 0) is 54.7 Å². The second kappa shape index (κ2) is 8.27. The van der Waals surface area contributed by atoms with Crippen LogP contribution in [0, 0.1) is 17.7 Å². The number of aromatic nitrogens is 1. The van der Waals surface area contributed by atoms with Crippen molar-refractivity contribution in [1.29, 1.82) is 0 Å². The third kappa shape index (κ3) is 4.38. The molecule has 1 nitrogen and oxygen atoms in total. The van der Waals surface area contributed by atoms with Gasteiger partial charge in [0.05, 0.1) is 0 Å². The molecule has 3 rings (SSSR count). The summed E-state index contributed by atoms with van der Waals surface area (Å²) in [6, 6.07) is 9.14. The predicted molar refractivity (Wildman–Crippen MR) is 98.8 cm³/mol. The molecule has 0 atom stereocenters. The fraction of sp³-hybridized carbons (Fsp3) is 0.476. The molecular formula is C21H24ClF2N. The molecule has 0 bridgehead atoms. The Balaban J connectivity index is 1.68. The summed E-state index contributed by atoms with van der Waals surface area (Å²) in [5.41, 5.74) is 2.51. The lowest BCUT2D eigenvalue weighted by Crippen LogP contribution is -2.13. The molecule has 1 aliphatic rings. The first-order valence-corrected chi connectivity index (χ1v) is 9.58. The summed E-state index contributed by atoms with van der Waals surface area (Å²) in [5.74, 6) is -0.646. The van der Waals surface area contributed by atoms with E-state index in [1.807, 2.05) is 12.1 Å². The molecule has 1 aromatic carbocycles. The molecule has 25 heavy (non-hydrogen) atoms. The van der Waals surface area contributed by atoms with Gasteiger partial charge in [-0.2, -0.15) is 4.39 Å². The number of rotatable bonds is 5. The van der Waals surface area contributed by atoms with E-state index in [2.05, 4.69) is 24.0 Å². The van der Waals surface area contributed by atoms with Gasteiger partial charge in [-0.25, -0.2) is 9.37 Å². The van der Waals surface area contributed by atoms with Crippen molar-refractivity contribution in [3.8, 4) is 11.1 Å². The van der Waals surface area contributed by atoms with E-state index in [9.17, 15) is 8.78 Å². The molecule has 0 N–H and O–H groups in total. The predicted octanol–water partition coefficient (Wildman–Crippen LogP) is 7.14. The van der Waals surface area contributed by atoms with Crippen molar-refractivity contribution in [2.75, 3.05) is 0 Å². The minimum Gasteiger partial charge on any atom is -0.205 e. The Morgan fingerprint density at radius 3 is 2.40 bits per heavy atom. The molecule has 134 valence electrons. The van der Waals surface area contributed by atoms with Crippen LogP contribution in [0.15, 0.2) is 30.3 Å². The average Bonchev–Trinajstić information content (AvgIpc) is 2.64. The average molecular weight is 364 g/mol. The van der Waals surface area contributed by atoms with Crippen molar-refractivity contribution >= 4 is 11.6 Å². The van der Waals surface area contributed by atoms with Gasteiger partial charge in [0, 0.05) is 5.56 Å². The van der Waals surface area contributed by atoms with Crippen molar-refractivity contribution in [1.82, 2.24) is 4.98 Å². The van der Waals surface area contributed by atoms with Gasteiger partial charge in [0.25, 0.3) is 0 Å². The van der Waals surface area contributed by atoms with E-state index in [0.717, 1.165) is 17.5 Å². The zero-order valence-corrected chi connectivity index (χ0v) is 15.3. The maximum absolute atomic E-state index is 13.4.